The Kier molecular flexibility index (Phi) is 74.1. The highest BCUT2D eigenvalue weighted by Crippen LogP contribution is 2.45. The molecule has 0 aromatic carbocycles. The second-order valence-corrected chi connectivity index (χ2v) is 34.1. The summed E-state index contributed by atoms with van der Waals surface area (Å²) in [5.74, 6) is -0.610. The van der Waals surface area contributed by atoms with Crippen LogP contribution < -0.4 is 0 Å². The van der Waals surface area contributed by atoms with Crippen molar-refractivity contribution < 1.29 is 80.2 Å². The molecule has 0 saturated heterocycles. The minimum absolute atomic E-state index is 0.106. The van der Waals surface area contributed by atoms with E-state index in [2.05, 4.69) is 41.5 Å². The molecule has 0 aliphatic carbocycles. The van der Waals surface area contributed by atoms with E-state index in [1.54, 1.807) is 0 Å². The fourth-order valence-corrected chi connectivity index (χ4v) is 14.6. The van der Waals surface area contributed by atoms with E-state index in [1.807, 2.05) is 0 Å². The van der Waals surface area contributed by atoms with E-state index in [-0.39, 0.29) is 25.7 Å². The van der Waals surface area contributed by atoms with Gasteiger partial charge in [0.1, 0.15) is 19.3 Å². The molecule has 19 heteroatoms. The molecule has 0 aliphatic heterocycles. The smallest absolute Gasteiger partial charge is 0.462 e. The first-order chi connectivity index (χ1) is 49.9. The van der Waals surface area contributed by atoms with Gasteiger partial charge < -0.3 is 33.8 Å². The molecule has 0 rings (SSSR count). The van der Waals surface area contributed by atoms with Crippen LogP contribution in [0.1, 0.15) is 446 Å². The number of hydrogen-bond acceptors (Lipinski definition) is 15. The molecule has 0 bridgehead atoms. The second kappa shape index (κ2) is 75.5. The SMILES string of the molecule is CCCCCCCCCCCCCCCCCCCCCC(=O)OC[C@H](COP(=O)(O)OC[C@@H](O)COP(=O)(O)OC[C@@H](COC(=O)CCCCCCCCCCCC(C)C)OC(=O)CCCCCCCCCCCCC(C)C)OC(=O)CCCCCCCCCCCCCCCCCCCCC. The minimum Gasteiger partial charge on any atom is -0.462 e. The van der Waals surface area contributed by atoms with E-state index >= 15 is 0 Å². The lowest BCUT2D eigenvalue weighted by Crippen LogP contribution is -2.30. The molecule has 0 heterocycles. The number of esters is 4. The number of hydrogen-bond donors (Lipinski definition) is 3. The van der Waals surface area contributed by atoms with E-state index in [0.29, 0.717) is 25.7 Å². The number of aliphatic hydroxyl groups is 1. The van der Waals surface area contributed by atoms with Gasteiger partial charge in [0.2, 0.25) is 0 Å². The summed E-state index contributed by atoms with van der Waals surface area (Å²) in [6, 6.07) is 0. The Bertz CT molecular complexity index is 1980. The van der Waals surface area contributed by atoms with Crippen LogP contribution in [0.4, 0.5) is 0 Å². The van der Waals surface area contributed by atoms with Crippen molar-refractivity contribution in [2.45, 2.75) is 464 Å². The molecule has 2 unspecified atom stereocenters. The summed E-state index contributed by atoms with van der Waals surface area (Å²) in [4.78, 5) is 73.2. The lowest BCUT2D eigenvalue weighted by Gasteiger charge is -2.21. The third-order valence-corrected chi connectivity index (χ3v) is 21.6. The molecule has 3 N–H and O–H groups in total. The fourth-order valence-electron chi connectivity index (χ4n) is 13.1. The molecular formula is C84H164O17P2. The molecule has 612 valence electrons. The fraction of sp³-hybridized carbons (Fsp3) is 0.952. The van der Waals surface area contributed by atoms with Crippen molar-refractivity contribution >= 4 is 39.5 Å². The number of phosphoric ester groups is 2. The molecule has 0 spiro atoms. The molecule has 103 heavy (non-hydrogen) atoms. The zero-order valence-corrected chi connectivity index (χ0v) is 69.4. The Balaban J connectivity index is 5.24. The van der Waals surface area contributed by atoms with Crippen LogP contribution in [0.15, 0.2) is 0 Å². The van der Waals surface area contributed by atoms with Crippen molar-refractivity contribution in [1.82, 2.24) is 0 Å². The van der Waals surface area contributed by atoms with Crippen LogP contribution >= 0.6 is 15.6 Å². The summed E-state index contributed by atoms with van der Waals surface area (Å²) < 4.78 is 68.8. The number of phosphoric acid groups is 2. The van der Waals surface area contributed by atoms with Gasteiger partial charge in [0.25, 0.3) is 0 Å². The van der Waals surface area contributed by atoms with Crippen molar-refractivity contribution in [2.75, 3.05) is 39.6 Å². The van der Waals surface area contributed by atoms with Gasteiger partial charge in [0.15, 0.2) is 12.2 Å². The largest absolute Gasteiger partial charge is 0.472 e. The van der Waals surface area contributed by atoms with E-state index < -0.39 is 97.5 Å². The Morgan fingerprint density at radius 3 is 0.660 bits per heavy atom. The standard InChI is InChI=1S/C84H164O17P2/c1-7-9-11-13-15-17-19-21-23-25-27-29-31-33-35-42-48-54-60-66-81(86)94-72-79(100-83(88)68-62-56-50-43-36-34-32-30-28-26-24-22-20-18-16-14-12-10-8-2)74-98-102(90,91)96-70-78(85)71-97-103(92,93)99-75-80(73-95-82(87)67-61-55-49-45-39-41-47-53-59-65-77(5)6)101-84(89)69-63-57-51-44-38-37-40-46-52-58-64-76(3)4/h76-80,85H,7-75H2,1-6H3,(H,90,91)(H,92,93)/t78-,79-,80-/m1/s1. The predicted molar refractivity (Wildman–Crippen MR) is 423 cm³/mol. The Morgan fingerprint density at radius 2 is 0.447 bits per heavy atom. The Labute approximate surface area is 632 Å². The monoisotopic (exact) mass is 1510 g/mol. The van der Waals surface area contributed by atoms with Gasteiger partial charge in [-0.25, -0.2) is 9.13 Å². The van der Waals surface area contributed by atoms with Crippen LogP contribution in [0.25, 0.3) is 0 Å². The third-order valence-electron chi connectivity index (χ3n) is 19.7. The normalized spacial score (nSPS) is 13.9. The first-order valence-corrected chi connectivity index (χ1v) is 46.5. The highest BCUT2D eigenvalue weighted by Gasteiger charge is 2.30. The van der Waals surface area contributed by atoms with Gasteiger partial charge in [-0.3, -0.25) is 37.3 Å². The van der Waals surface area contributed by atoms with E-state index in [4.69, 9.17) is 37.0 Å². The van der Waals surface area contributed by atoms with Crippen molar-refractivity contribution in [2.24, 2.45) is 11.8 Å². The minimum atomic E-state index is -4.96. The first kappa shape index (κ1) is 101. The lowest BCUT2D eigenvalue weighted by molar-refractivity contribution is -0.161. The molecule has 0 radical (unpaired) electrons. The molecule has 0 aliphatic rings. The van der Waals surface area contributed by atoms with Crippen molar-refractivity contribution in [3.63, 3.8) is 0 Å². The first-order valence-electron chi connectivity index (χ1n) is 43.5. The van der Waals surface area contributed by atoms with E-state index in [1.165, 1.54) is 263 Å². The highest BCUT2D eigenvalue weighted by molar-refractivity contribution is 7.47. The molecule has 0 aromatic heterocycles. The van der Waals surface area contributed by atoms with Gasteiger partial charge in [0.05, 0.1) is 26.4 Å². The number of carbonyl (C=O) groups excluding carboxylic acids is 4. The molecule has 17 nitrogen and oxygen atoms in total. The quantitative estimate of drug-likeness (QED) is 0.0222. The maximum Gasteiger partial charge on any atom is 0.472 e. The van der Waals surface area contributed by atoms with Crippen molar-refractivity contribution in [3.8, 4) is 0 Å². The summed E-state index contributed by atoms with van der Waals surface area (Å²) in [7, 11) is -9.92. The molecule has 0 aromatic rings. The van der Waals surface area contributed by atoms with Gasteiger partial charge in [-0.05, 0) is 37.5 Å². The molecule has 0 fully saturated rings. The van der Waals surface area contributed by atoms with Crippen LogP contribution in [-0.4, -0.2) is 96.7 Å². The summed E-state index contributed by atoms with van der Waals surface area (Å²) in [5.41, 5.74) is 0. The molecular weight excluding hydrogens is 1340 g/mol. The number of carbonyl (C=O) groups is 4. The number of unbranched alkanes of at least 4 members (excludes halogenated alkanes) is 53. The zero-order chi connectivity index (χ0) is 75.6. The van der Waals surface area contributed by atoms with Crippen LogP contribution in [0, 0.1) is 11.8 Å². The molecule has 0 amide bonds. The highest BCUT2D eigenvalue weighted by atomic mass is 31.2. The number of rotatable bonds is 83. The summed E-state index contributed by atoms with van der Waals surface area (Å²) in [6.07, 6.45) is 66.7. The maximum atomic E-state index is 13.1. The van der Waals surface area contributed by atoms with Gasteiger partial charge in [-0.1, -0.05) is 395 Å². The van der Waals surface area contributed by atoms with Gasteiger partial charge >= 0.3 is 39.5 Å². The zero-order valence-electron chi connectivity index (χ0n) is 67.6. The number of aliphatic hydroxyl groups excluding tert-OH is 1. The van der Waals surface area contributed by atoms with Gasteiger partial charge in [0, 0.05) is 25.7 Å². The van der Waals surface area contributed by atoms with Crippen molar-refractivity contribution in [1.29, 1.82) is 0 Å². The van der Waals surface area contributed by atoms with Crippen LogP contribution in [0.5, 0.6) is 0 Å². The lowest BCUT2D eigenvalue weighted by atomic mass is 10.0. The summed E-state index contributed by atoms with van der Waals surface area (Å²) in [5, 5.41) is 10.7. The van der Waals surface area contributed by atoms with Gasteiger partial charge in [-0.15, -0.1) is 0 Å². The van der Waals surface area contributed by atoms with Crippen LogP contribution in [0.2, 0.25) is 0 Å². The van der Waals surface area contributed by atoms with Crippen molar-refractivity contribution in [3.05, 3.63) is 0 Å². The molecule has 0 saturated carbocycles. The van der Waals surface area contributed by atoms with Crippen LogP contribution in [-0.2, 0) is 65.4 Å². The predicted octanol–water partition coefficient (Wildman–Crippen LogP) is 25.5. The van der Waals surface area contributed by atoms with Gasteiger partial charge in [-0.2, -0.15) is 0 Å². The maximum absolute atomic E-state index is 13.1. The van der Waals surface area contributed by atoms with Crippen LogP contribution in [0.3, 0.4) is 0 Å². The molecule has 5 atom stereocenters. The summed E-state index contributed by atoms with van der Waals surface area (Å²) >= 11 is 0. The second-order valence-electron chi connectivity index (χ2n) is 31.2. The third kappa shape index (κ3) is 78.0. The Morgan fingerprint density at radius 1 is 0.262 bits per heavy atom. The average molecular weight is 1510 g/mol. The van der Waals surface area contributed by atoms with E-state index in [0.717, 1.165) is 102 Å². The number of ether oxygens (including phenoxy) is 4. The summed E-state index contributed by atoms with van der Waals surface area (Å²) in [6.45, 7) is 9.63. The average Bonchev–Trinajstić information content (AvgIpc) is 0.982. The Hall–Kier alpha value is -1.94. The van der Waals surface area contributed by atoms with E-state index in [9.17, 15) is 43.2 Å². The topological polar surface area (TPSA) is 237 Å².